The van der Waals surface area contributed by atoms with Crippen LogP contribution in [0, 0.1) is 0 Å². The summed E-state index contributed by atoms with van der Waals surface area (Å²) >= 11 is 0. The van der Waals surface area contributed by atoms with E-state index in [1.807, 2.05) is 38.1 Å². The molecule has 1 aliphatic rings. The van der Waals surface area contributed by atoms with Crippen LogP contribution in [0.2, 0.25) is 0 Å². The van der Waals surface area contributed by atoms with Gasteiger partial charge in [-0.05, 0) is 32.8 Å². The Morgan fingerprint density at radius 3 is 2.68 bits per heavy atom. The van der Waals surface area contributed by atoms with Crippen molar-refractivity contribution in [1.82, 2.24) is 4.90 Å². The largest absolute Gasteiger partial charge is 0.451 e. The minimum Gasteiger partial charge on any atom is -0.451 e. The molecule has 0 atom stereocenters. The average molecular weight is 345 g/mol. The topological polar surface area (TPSA) is 62.9 Å². The van der Waals surface area contributed by atoms with E-state index >= 15 is 0 Å². The number of fused-ring (bicyclic) bond motifs is 1. The van der Waals surface area contributed by atoms with Crippen molar-refractivity contribution in [3.05, 3.63) is 35.6 Å². The maximum absolute atomic E-state index is 13.0. The summed E-state index contributed by atoms with van der Waals surface area (Å²) in [7, 11) is 1.72. The van der Waals surface area contributed by atoms with E-state index in [1.54, 1.807) is 11.9 Å². The normalized spacial score (nSPS) is 16.7. The van der Waals surface area contributed by atoms with Gasteiger partial charge < -0.3 is 19.2 Å². The van der Waals surface area contributed by atoms with Crippen molar-refractivity contribution in [2.45, 2.75) is 57.8 Å². The van der Waals surface area contributed by atoms with Crippen molar-refractivity contribution in [2.24, 2.45) is 0 Å². The Balaban J connectivity index is 1.87. The summed E-state index contributed by atoms with van der Waals surface area (Å²) in [5.74, 6) is 0.102. The molecule has 1 fully saturated rings. The van der Waals surface area contributed by atoms with Crippen LogP contribution in [0.15, 0.2) is 28.7 Å². The number of likely N-dealkylation sites (N-methyl/N-ethyl adjacent to an activating group) is 1. The molecule has 0 saturated heterocycles. The number of nitrogens with zero attached hydrogens (tertiary/aromatic N) is 1. The molecule has 3 rings (SSSR count). The molecular formula is C20H27NO4. The smallest absolute Gasteiger partial charge is 0.289 e. The highest BCUT2D eigenvalue weighted by Gasteiger charge is 2.35. The predicted molar refractivity (Wildman–Crippen MR) is 96.5 cm³/mol. The molecule has 0 unspecified atom stereocenters. The summed E-state index contributed by atoms with van der Waals surface area (Å²) in [5, 5.41) is 11.5. The molecule has 2 aromatic rings. The zero-order chi connectivity index (χ0) is 18.0. The Kier molecular flexibility index (Phi) is 5.16. The molecule has 1 aromatic heterocycles. The number of ether oxygens (including phenoxy) is 1. The van der Waals surface area contributed by atoms with Gasteiger partial charge in [0.15, 0.2) is 5.76 Å². The lowest BCUT2D eigenvalue weighted by Crippen LogP contribution is -2.42. The molecule has 0 bridgehead atoms. The lowest BCUT2D eigenvalue weighted by Gasteiger charge is -2.28. The van der Waals surface area contributed by atoms with E-state index in [1.165, 1.54) is 0 Å². The Labute approximate surface area is 148 Å². The summed E-state index contributed by atoms with van der Waals surface area (Å²) < 4.78 is 11.6. The molecule has 1 amide bonds. The number of rotatable bonds is 6. The highest BCUT2D eigenvalue weighted by Crippen LogP contribution is 2.32. The first-order chi connectivity index (χ1) is 11.9. The lowest BCUT2D eigenvalue weighted by atomic mass is 10.0. The number of carbonyl (C=O) groups excluding carboxylic acids is 1. The molecule has 1 N–H and O–H groups in total. The molecule has 0 spiro atoms. The first kappa shape index (κ1) is 18.0. The molecule has 0 radical (unpaired) electrons. The van der Waals surface area contributed by atoms with Crippen LogP contribution in [0.5, 0.6) is 0 Å². The number of benzene rings is 1. The summed E-state index contributed by atoms with van der Waals surface area (Å²) in [6.07, 6.45) is 3.57. The van der Waals surface area contributed by atoms with Gasteiger partial charge in [-0.2, -0.15) is 0 Å². The van der Waals surface area contributed by atoms with Gasteiger partial charge in [0, 0.05) is 24.5 Å². The summed E-state index contributed by atoms with van der Waals surface area (Å²) in [5.41, 5.74) is 0.686. The minimum atomic E-state index is -0.773. The van der Waals surface area contributed by atoms with Gasteiger partial charge in [-0.25, -0.2) is 0 Å². The number of aliphatic hydroxyl groups is 1. The Hall–Kier alpha value is -1.85. The third-order valence-electron chi connectivity index (χ3n) is 4.87. The number of amides is 1. The van der Waals surface area contributed by atoms with E-state index in [4.69, 9.17) is 9.15 Å². The molecule has 1 saturated carbocycles. The molecule has 1 aromatic carbocycles. The summed E-state index contributed by atoms with van der Waals surface area (Å²) in [6, 6.07) is 7.61. The number of hydrogen-bond donors (Lipinski definition) is 1. The van der Waals surface area contributed by atoms with Gasteiger partial charge in [-0.15, -0.1) is 0 Å². The second-order valence-corrected chi connectivity index (χ2v) is 7.36. The molecule has 136 valence electrons. The molecule has 1 aliphatic carbocycles. The predicted octanol–water partition coefficient (Wildman–Crippen LogP) is 3.73. The second kappa shape index (κ2) is 7.18. The quantitative estimate of drug-likeness (QED) is 0.866. The summed E-state index contributed by atoms with van der Waals surface area (Å²) in [4.78, 5) is 14.5. The second-order valence-electron chi connectivity index (χ2n) is 7.36. The number of para-hydroxylation sites is 1. The average Bonchev–Trinajstić information content (AvgIpc) is 3.15. The van der Waals surface area contributed by atoms with Gasteiger partial charge in [0.25, 0.3) is 5.91 Å². The van der Waals surface area contributed by atoms with Gasteiger partial charge >= 0.3 is 0 Å². The van der Waals surface area contributed by atoms with Gasteiger partial charge in [0.2, 0.25) is 0 Å². The molecule has 25 heavy (non-hydrogen) atoms. The van der Waals surface area contributed by atoms with Crippen LogP contribution in [0.3, 0.4) is 0 Å². The standard InChI is InChI=1S/C20H27NO4/c1-14(2)24-12-16-15-8-4-5-9-17(15)25-18(16)19(22)21(3)13-20(23)10-6-7-11-20/h4-5,8-9,14,23H,6-7,10-13H2,1-3H3. The number of hydrogen-bond acceptors (Lipinski definition) is 4. The van der Waals surface area contributed by atoms with Crippen LogP contribution in [-0.2, 0) is 11.3 Å². The van der Waals surface area contributed by atoms with E-state index in [0.717, 1.165) is 36.6 Å². The SMILES string of the molecule is CC(C)OCc1c(C(=O)N(C)CC2(O)CCCC2)oc2ccccc12. The van der Waals surface area contributed by atoms with Gasteiger partial charge in [-0.1, -0.05) is 31.0 Å². The zero-order valence-corrected chi connectivity index (χ0v) is 15.2. The summed E-state index contributed by atoms with van der Waals surface area (Å²) in [6.45, 7) is 4.58. The lowest BCUT2D eigenvalue weighted by molar-refractivity contribution is 0.0144. The van der Waals surface area contributed by atoms with Crippen molar-refractivity contribution in [3.63, 3.8) is 0 Å². The first-order valence-corrected chi connectivity index (χ1v) is 8.99. The van der Waals surface area contributed by atoms with E-state index in [0.29, 0.717) is 24.5 Å². The van der Waals surface area contributed by atoms with E-state index < -0.39 is 5.60 Å². The van der Waals surface area contributed by atoms with Crippen molar-refractivity contribution in [3.8, 4) is 0 Å². The third kappa shape index (κ3) is 3.88. The maximum atomic E-state index is 13.0. The van der Waals surface area contributed by atoms with Gasteiger partial charge in [0.05, 0.1) is 18.3 Å². The zero-order valence-electron chi connectivity index (χ0n) is 15.2. The Morgan fingerprint density at radius 1 is 1.32 bits per heavy atom. The van der Waals surface area contributed by atoms with Crippen molar-refractivity contribution in [1.29, 1.82) is 0 Å². The Morgan fingerprint density at radius 2 is 2.00 bits per heavy atom. The first-order valence-electron chi connectivity index (χ1n) is 8.99. The Bertz CT molecular complexity index is 743. The van der Waals surface area contributed by atoms with Crippen LogP contribution in [-0.4, -0.2) is 41.2 Å². The van der Waals surface area contributed by atoms with Gasteiger partial charge in [-0.3, -0.25) is 4.79 Å². The molecule has 5 nitrogen and oxygen atoms in total. The highest BCUT2D eigenvalue weighted by molar-refractivity contribution is 5.99. The van der Waals surface area contributed by atoms with Crippen LogP contribution in [0.4, 0.5) is 0 Å². The van der Waals surface area contributed by atoms with Crippen molar-refractivity contribution in [2.75, 3.05) is 13.6 Å². The number of furan rings is 1. The fourth-order valence-corrected chi connectivity index (χ4v) is 3.54. The fourth-order valence-electron chi connectivity index (χ4n) is 3.54. The van der Waals surface area contributed by atoms with Crippen LogP contribution in [0.1, 0.15) is 55.6 Å². The molecule has 1 heterocycles. The van der Waals surface area contributed by atoms with Crippen LogP contribution in [0.25, 0.3) is 11.0 Å². The fraction of sp³-hybridized carbons (Fsp3) is 0.550. The van der Waals surface area contributed by atoms with Crippen molar-refractivity contribution >= 4 is 16.9 Å². The maximum Gasteiger partial charge on any atom is 0.289 e. The molecule has 5 heteroatoms. The van der Waals surface area contributed by atoms with Crippen LogP contribution < -0.4 is 0 Å². The van der Waals surface area contributed by atoms with E-state index in [2.05, 4.69) is 0 Å². The third-order valence-corrected chi connectivity index (χ3v) is 4.87. The van der Waals surface area contributed by atoms with Gasteiger partial charge in [0.1, 0.15) is 5.58 Å². The minimum absolute atomic E-state index is 0.0635. The monoisotopic (exact) mass is 345 g/mol. The number of carbonyl (C=O) groups is 1. The highest BCUT2D eigenvalue weighted by atomic mass is 16.5. The molecular weight excluding hydrogens is 318 g/mol. The van der Waals surface area contributed by atoms with Crippen LogP contribution >= 0.6 is 0 Å². The van der Waals surface area contributed by atoms with E-state index in [-0.39, 0.29) is 12.0 Å². The van der Waals surface area contributed by atoms with Crippen molar-refractivity contribution < 1.29 is 19.1 Å². The molecule has 0 aliphatic heterocycles. The van der Waals surface area contributed by atoms with E-state index in [9.17, 15) is 9.90 Å².